The number of aromatic nitrogens is 4. The minimum Gasteiger partial charge on any atom is -0.338 e. The zero-order chi connectivity index (χ0) is 19.8. The van der Waals surface area contributed by atoms with E-state index in [9.17, 15) is 4.79 Å². The first-order chi connectivity index (χ1) is 13.5. The van der Waals surface area contributed by atoms with Crippen LogP contribution < -0.4 is 5.32 Å². The number of hydrogen-bond donors (Lipinski definition) is 1. The molecule has 0 aliphatic heterocycles. The molecular weight excluding hydrogens is 354 g/mol. The topological polar surface area (TPSA) is 85.8 Å². The molecule has 4 aromatic rings. The van der Waals surface area contributed by atoms with Gasteiger partial charge in [-0.05, 0) is 33.8 Å². The lowest BCUT2D eigenvalue weighted by Crippen LogP contribution is -2.13. The molecular formula is C21H21N5O2. The van der Waals surface area contributed by atoms with E-state index in [4.69, 9.17) is 9.51 Å². The standard InChI is InChI=1S/C21H21N5O2/c1-5-26-20-19(14(4)24-26)16(21(27)23-18-10-13(3)25-28-18)11-17(22-20)15-8-6-12(2)7-9-15/h6-11H,5H2,1-4H3,(H,23,27). The number of anilines is 1. The summed E-state index contributed by atoms with van der Waals surface area (Å²) in [6, 6.07) is 11.6. The van der Waals surface area contributed by atoms with E-state index in [0.717, 1.165) is 27.9 Å². The third-order valence-corrected chi connectivity index (χ3v) is 4.63. The van der Waals surface area contributed by atoms with Crippen LogP contribution in [0.3, 0.4) is 0 Å². The molecule has 3 heterocycles. The van der Waals surface area contributed by atoms with Gasteiger partial charge in [0.05, 0.1) is 28.0 Å². The Bertz CT molecular complexity index is 1170. The maximum absolute atomic E-state index is 13.1. The normalized spacial score (nSPS) is 11.1. The Balaban J connectivity index is 1.88. The third kappa shape index (κ3) is 3.15. The molecule has 1 amide bonds. The largest absolute Gasteiger partial charge is 0.338 e. The van der Waals surface area contributed by atoms with Gasteiger partial charge in [-0.3, -0.25) is 10.1 Å². The second-order valence-corrected chi connectivity index (χ2v) is 6.81. The second-order valence-electron chi connectivity index (χ2n) is 6.81. The molecule has 4 rings (SSSR count). The number of rotatable bonds is 4. The predicted molar refractivity (Wildman–Crippen MR) is 107 cm³/mol. The summed E-state index contributed by atoms with van der Waals surface area (Å²) in [4.78, 5) is 17.9. The van der Waals surface area contributed by atoms with Crippen LogP contribution in [0.1, 0.15) is 34.2 Å². The van der Waals surface area contributed by atoms with Crippen molar-refractivity contribution >= 4 is 22.8 Å². The number of nitrogens with zero attached hydrogens (tertiary/aromatic N) is 4. The quantitative estimate of drug-likeness (QED) is 0.575. The first-order valence-electron chi connectivity index (χ1n) is 9.16. The van der Waals surface area contributed by atoms with Crippen LogP contribution in [-0.2, 0) is 6.54 Å². The van der Waals surface area contributed by atoms with Gasteiger partial charge in [0.2, 0.25) is 5.88 Å². The van der Waals surface area contributed by atoms with E-state index in [1.54, 1.807) is 19.1 Å². The molecule has 0 aliphatic carbocycles. The van der Waals surface area contributed by atoms with Crippen LogP contribution in [0.4, 0.5) is 5.88 Å². The average molecular weight is 375 g/mol. The van der Waals surface area contributed by atoms with Crippen molar-refractivity contribution in [1.82, 2.24) is 19.9 Å². The zero-order valence-corrected chi connectivity index (χ0v) is 16.3. The van der Waals surface area contributed by atoms with Crippen LogP contribution >= 0.6 is 0 Å². The Morgan fingerprint density at radius 3 is 2.54 bits per heavy atom. The Labute approximate surface area is 162 Å². The van der Waals surface area contributed by atoms with Crippen molar-refractivity contribution in [2.24, 2.45) is 0 Å². The van der Waals surface area contributed by atoms with E-state index in [2.05, 4.69) is 15.6 Å². The maximum atomic E-state index is 13.1. The monoisotopic (exact) mass is 375 g/mol. The van der Waals surface area contributed by atoms with Crippen LogP contribution in [0.25, 0.3) is 22.3 Å². The van der Waals surface area contributed by atoms with E-state index in [1.807, 2.05) is 49.7 Å². The van der Waals surface area contributed by atoms with Crippen LogP contribution in [0, 0.1) is 20.8 Å². The van der Waals surface area contributed by atoms with Crippen molar-refractivity contribution in [3.8, 4) is 11.3 Å². The summed E-state index contributed by atoms with van der Waals surface area (Å²) in [5.41, 5.74) is 5.49. The number of pyridine rings is 1. The number of amides is 1. The van der Waals surface area contributed by atoms with Crippen molar-refractivity contribution in [1.29, 1.82) is 0 Å². The summed E-state index contributed by atoms with van der Waals surface area (Å²) in [6.07, 6.45) is 0. The first-order valence-corrected chi connectivity index (χ1v) is 9.16. The molecule has 1 aromatic carbocycles. The molecule has 0 radical (unpaired) electrons. The van der Waals surface area contributed by atoms with Gasteiger partial charge in [0, 0.05) is 18.2 Å². The highest BCUT2D eigenvalue weighted by Gasteiger charge is 2.20. The van der Waals surface area contributed by atoms with E-state index in [0.29, 0.717) is 29.3 Å². The third-order valence-electron chi connectivity index (χ3n) is 4.63. The molecule has 142 valence electrons. The van der Waals surface area contributed by atoms with Crippen molar-refractivity contribution in [3.05, 3.63) is 58.9 Å². The van der Waals surface area contributed by atoms with Gasteiger partial charge in [-0.1, -0.05) is 35.0 Å². The molecule has 7 heteroatoms. The average Bonchev–Trinajstić information content (AvgIpc) is 3.24. The van der Waals surface area contributed by atoms with Crippen LogP contribution in [0.5, 0.6) is 0 Å². The molecule has 1 N–H and O–H groups in total. The Morgan fingerprint density at radius 2 is 1.89 bits per heavy atom. The summed E-state index contributed by atoms with van der Waals surface area (Å²) in [5, 5.41) is 11.9. The maximum Gasteiger partial charge on any atom is 0.258 e. The molecule has 0 unspecified atom stereocenters. The van der Waals surface area contributed by atoms with Gasteiger partial charge in [-0.25, -0.2) is 9.67 Å². The SMILES string of the molecule is CCn1nc(C)c2c(C(=O)Nc3cc(C)no3)cc(-c3ccc(C)cc3)nc21. The van der Waals surface area contributed by atoms with Crippen molar-refractivity contribution in [2.75, 3.05) is 5.32 Å². The molecule has 3 aromatic heterocycles. The molecule has 7 nitrogen and oxygen atoms in total. The molecule has 0 spiro atoms. The van der Waals surface area contributed by atoms with E-state index in [1.165, 1.54) is 0 Å². The molecule has 0 aliphatic rings. The van der Waals surface area contributed by atoms with Crippen LogP contribution in [0.2, 0.25) is 0 Å². The highest BCUT2D eigenvalue weighted by molar-refractivity contribution is 6.13. The fourth-order valence-electron chi connectivity index (χ4n) is 3.23. The van der Waals surface area contributed by atoms with Gasteiger partial charge in [0.25, 0.3) is 5.91 Å². The minimum atomic E-state index is -0.282. The first kappa shape index (κ1) is 17.9. The highest BCUT2D eigenvalue weighted by Crippen LogP contribution is 2.28. The van der Waals surface area contributed by atoms with Gasteiger partial charge in [0.15, 0.2) is 5.65 Å². The predicted octanol–water partition coefficient (Wildman–Crippen LogP) is 4.28. The Hall–Kier alpha value is -3.48. The summed E-state index contributed by atoms with van der Waals surface area (Å²) < 4.78 is 6.95. The fraction of sp³-hybridized carbons (Fsp3) is 0.238. The smallest absolute Gasteiger partial charge is 0.258 e. The molecule has 0 fully saturated rings. The number of carbonyl (C=O) groups excluding carboxylic acids is 1. The summed E-state index contributed by atoms with van der Waals surface area (Å²) in [5.74, 6) is 0.0283. The van der Waals surface area contributed by atoms with Crippen molar-refractivity contribution < 1.29 is 9.32 Å². The molecule has 0 saturated carbocycles. The number of fused-ring (bicyclic) bond motifs is 1. The number of carbonyl (C=O) groups is 1. The van der Waals surface area contributed by atoms with Crippen LogP contribution in [-0.4, -0.2) is 25.8 Å². The summed E-state index contributed by atoms with van der Waals surface area (Å²) in [6.45, 7) is 8.39. The lowest BCUT2D eigenvalue weighted by Gasteiger charge is -2.09. The number of hydrogen-bond acceptors (Lipinski definition) is 5. The van der Waals surface area contributed by atoms with Crippen molar-refractivity contribution in [2.45, 2.75) is 34.2 Å². The van der Waals surface area contributed by atoms with Crippen LogP contribution in [0.15, 0.2) is 40.9 Å². The lowest BCUT2D eigenvalue weighted by molar-refractivity contribution is 0.102. The fourth-order valence-corrected chi connectivity index (χ4v) is 3.23. The molecule has 0 bridgehead atoms. The number of aryl methyl sites for hydroxylation is 4. The van der Waals surface area contributed by atoms with Gasteiger partial charge >= 0.3 is 0 Å². The zero-order valence-electron chi connectivity index (χ0n) is 16.3. The number of nitrogens with one attached hydrogen (secondary N) is 1. The van der Waals surface area contributed by atoms with E-state index >= 15 is 0 Å². The summed E-state index contributed by atoms with van der Waals surface area (Å²) in [7, 11) is 0. The van der Waals surface area contributed by atoms with Gasteiger partial charge < -0.3 is 4.52 Å². The lowest BCUT2D eigenvalue weighted by atomic mass is 10.0. The molecule has 0 atom stereocenters. The highest BCUT2D eigenvalue weighted by atomic mass is 16.5. The van der Waals surface area contributed by atoms with Crippen molar-refractivity contribution in [3.63, 3.8) is 0 Å². The molecule has 28 heavy (non-hydrogen) atoms. The second kappa shape index (κ2) is 6.92. The number of benzene rings is 1. The van der Waals surface area contributed by atoms with E-state index in [-0.39, 0.29) is 5.91 Å². The van der Waals surface area contributed by atoms with Gasteiger partial charge in [-0.2, -0.15) is 5.10 Å². The Kier molecular flexibility index (Phi) is 4.43. The van der Waals surface area contributed by atoms with Gasteiger partial charge in [0.1, 0.15) is 0 Å². The van der Waals surface area contributed by atoms with E-state index < -0.39 is 0 Å². The molecule has 0 saturated heterocycles. The summed E-state index contributed by atoms with van der Waals surface area (Å²) >= 11 is 0. The minimum absolute atomic E-state index is 0.282. The van der Waals surface area contributed by atoms with Gasteiger partial charge in [-0.15, -0.1) is 0 Å². The Morgan fingerprint density at radius 1 is 1.14 bits per heavy atom.